The number of hydrogen-bond acceptors (Lipinski definition) is 5. The summed E-state index contributed by atoms with van der Waals surface area (Å²) >= 11 is 1.72. The highest BCUT2D eigenvalue weighted by molar-refractivity contribution is 8.01. The van der Waals surface area contributed by atoms with E-state index < -0.39 is 0 Å². The average Bonchev–Trinajstić information content (AvgIpc) is 3.20. The van der Waals surface area contributed by atoms with Crippen LogP contribution in [0.5, 0.6) is 0 Å². The maximum absolute atomic E-state index is 12.9. The number of thioether (sulfide) groups is 1. The van der Waals surface area contributed by atoms with Gasteiger partial charge in [-0.3, -0.25) is 9.69 Å². The van der Waals surface area contributed by atoms with Gasteiger partial charge in [-0.05, 0) is 31.9 Å². The predicted octanol–water partition coefficient (Wildman–Crippen LogP) is 2.65. The zero-order valence-corrected chi connectivity index (χ0v) is 15.5. The fraction of sp³-hybridized carbons (Fsp3) is 0.474. The summed E-state index contributed by atoms with van der Waals surface area (Å²) in [4.78, 5) is 18.5. The third-order valence-corrected chi connectivity index (χ3v) is 6.47. The Bertz CT molecular complexity index is 736. The first-order chi connectivity index (χ1) is 12.1. The fourth-order valence-electron chi connectivity index (χ4n) is 3.60. The largest absolute Gasteiger partial charge is 0.361 e. The highest BCUT2D eigenvalue weighted by Gasteiger charge is 2.32. The number of carbonyl (C=O) groups is 1. The molecule has 0 radical (unpaired) electrons. The lowest BCUT2D eigenvalue weighted by molar-refractivity contribution is -0.132. The number of aromatic nitrogens is 1. The Balaban J connectivity index is 1.32. The van der Waals surface area contributed by atoms with Crippen LogP contribution >= 0.6 is 11.8 Å². The molecule has 4 rings (SSSR count). The van der Waals surface area contributed by atoms with Gasteiger partial charge in [0.15, 0.2) is 0 Å². The van der Waals surface area contributed by atoms with E-state index in [1.54, 1.807) is 11.8 Å². The number of rotatable bonds is 3. The van der Waals surface area contributed by atoms with Gasteiger partial charge in [-0.15, -0.1) is 11.8 Å². The van der Waals surface area contributed by atoms with Gasteiger partial charge in [0.2, 0.25) is 5.91 Å². The third-order valence-electron chi connectivity index (χ3n) is 5.17. The van der Waals surface area contributed by atoms with E-state index in [-0.39, 0.29) is 11.2 Å². The molecule has 5 nitrogen and oxygen atoms in total. The fourth-order valence-corrected chi connectivity index (χ4v) is 4.88. The normalized spacial score (nSPS) is 20.7. The molecule has 132 valence electrons. The van der Waals surface area contributed by atoms with Crippen LogP contribution in [0.2, 0.25) is 0 Å². The summed E-state index contributed by atoms with van der Waals surface area (Å²) in [5.74, 6) is 1.19. The van der Waals surface area contributed by atoms with Crippen molar-refractivity contribution in [2.75, 3.05) is 26.2 Å². The molecule has 6 heteroatoms. The third kappa shape index (κ3) is 3.33. The maximum atomic E-state index is 12.9. The quantitative estimate of drug-likeness (QED) is 0.845. The van der Waals surface area contributed by atoms with E-state index in [0.717, 1.165) is 50.6 Å². The van der Waals surface area contributed by atoms with Crippen molar-refractivity contribution in [2.24, 2.45) is 0 Å². The number of aryl methyl sites for hydroxylation is 2. The first-order valence-corrected chi connectivity index (χ1v) is 9.67. The topological polar surface area (TPSA) is 49.6 Å². The Morgan fingerprint density at radius 1 is 1.24 bits per heavy atom. The highest BCUT2D eigenvalue weighted by atomic mass is 32.2. The Morgan fingerprint density at radius 2 is 2.00 bits per heavy atom. The highest BCUT2D eigenvalue weighted by Crippen LogP contribution is 2.37. The molecule has 0 saturated carbocycles. The maximum Gasteiger partial charge on any atom is 0.236 e. The van der Waals surface area contributed by atoms with Crippen LogP contribution in [0, 0.1) is 13.8 Å². The molecule has 2 aliphatic rings. The zero-order chi connectivity index (χ0) is 17.4. The monoisotopic (exact) mass is 357 g/mol. The Kier molecular flexibility index (Phi) is 4.56. The number of amides is 1. The van der Waals surface area contributed by atoms with Gasteiger partial charge in [-0.25, -0.2) is 0 Å². The van der Waals surface area contributed by atoms with E-state index in [1.807, 2.05) is 24.8 Å². The molecule has 1 saturated heterocycles. The average molecular weight is 357 g/mol. The van der Waals surface area contributed by atoms with Crippen LogP contribution in [0.3, 0.4) is 0 Å². The second-order valence-corrected chi connectivity index (χ2v) is 8.07. The van der Waals surface area contributed by atoms with Crippen LogP contribution in [0.25, 0.3) is 0 Å². The molecule has 25 heavy (non-hydrogen) atoms. The molecule has 1 fully saturated rings. The molecule has 0 bridgehead atoms. The van der Waals surface area contributed by atoms with E-state index in [9.17, 15) is 4.79 Å². The molecule has 1 amide bonds. The minimum absolute atomic E-state index is 0.0477. The smallest absolute Gasteiger partial charge is 0.236 e. The van der Waals surface area contributed by atoms with Gasteiger partial charge >= 0.3 is 0 Å². The minimum Gasteiger partial charge on any atom is -0.361 e. The van der Waals surface area contributed by atoms with Gasteiger partial charge in [0.1, 0.15) is 5.76 Å². The molecular weight excluding hydrogens is 334 g/mol. The lowest BCUT2D eigenvalue weighted by Gasteiger charge is -2.35. The first-order valence-electron chi connectivity index (χ1n) is 8.79. The molecule has 0 N–H and O–H groups in total. The molecule has 3 heterocycles. The molecule has 1 unspecified atom stereocenters. The molecule has 0 spiro atoms. The van der Waals surface area contributed by atoms with Gasteiger partial charge < -0.3 is 9.42 Å². The van der Waals surface area contributed by atoms with Crippen molar-refractivity contribution >= 4 is 17.7 Å². The lowest BCUT2D eigenvalue weighted by Crippen LogP contribution is -2.50. The summed E-state index contributed by atoms with van der Waals surface area (Å²) in [6.45, 7) is 8.21. The Hall–Kier alpha value is -1.79. The Labute approximate surface area is 152 Å². The van der Waals surface area contributed by atoms with E-state index in [2.05, 4.69) is 28.3 Å². The van der Waals surface area contributed by atoms with Crippen molar-refractivity contribution in [1.82, 2.24) is 15.0 Å². The standard InChI is InChI=1S/C19H23N3O2S/c1-13-16(14(2)24-20-13)12-21-7-9-22(10-8-21)19(23)18-11-15-5-3-4-6-17(15)25-18/h3-6,18H,7-12H2,1-2H3. The van der Waals surface area contributed by atoms with Crippen LogP contribution < -0.4 is 0 Å². The number of nitrogens with zero attached hydrogens (tertiary/aromatic N) is 3. The summed E-state index contributed by atoms with van der Waals surface area (Å²) in [7, 11) is 0. The van der Waals surface area contributed by atoms with Crippen LogP contribution in [-0.4, -0.2) is 52.3 Å². The minimum atomic E-state index is 0.0477. The zero-order valence-electron chi connectivity index (χ0n) is 14.7. The van der Waals surface area contributed by atoms with Gasteiger partial charge in [0, 0.05) is 43.2 Å². The van der Waals surface area contributed by atoms with Crippen molar-refractivity contribution in [3.63, 3.8) is 0 Å². The summed E-state index contributed by atoms with van der Waals surface area (Å²) in [5, 5.41) is 4.08. The van der Waals surface area contributed by atoms with Crippen LogP contribution in [0.4, 0.5) is 0 Å². The van der Waals surface area contributed by atoms with Crippen molar-refractivity contribution in [2.45, 2.75) is 37.0 Å². The van der Waals surface area contributed by atoms with Gasteiger partial charge in [-0.2, -0.15) is 0 Å². The summed E-state index contributed by atoms with van der Waals surface area (Å²) in [6, 6.07) is 8.36. The summed E-state index contributed by atoms with van der Waals surface area (Å²) in [5.41, 5.74) is 3.46. The SMILES string of the molecule is Cc1noc(C)c1CN1CCN(C(=O)C2Cc3ccccc3S2)CC1. The first kappa shape index (κ1) is 16.7. The number of carbonyl (C=O) groups excluding carboxylic acids is 1. The number of fused-ring (bicyclic) bond motifs is 1. The van der Waals surface area contributed by atoms with Crippen LogP contribution in [0.1, 0.15) is 22.6 Å². The molecule has 0 aliphatic carbocycles. The number of piperazine rings is 1. The summed E-state index contributed by atoms with van der Waals surface area (Å²) in [6.07, 6.45) is 0.860. The second-order valence-electron chi connectivity index (χ2n) is 6.82. The number of benzene rings is 1. The van der Waals surface area contributed by atoms with Gasteiger partial charge in [-0.1, -0.05) is 23.4 Å². The van der Waals surface area contributed by atoms with Crippen LogP contribution in [0.15, 0.2) is 33.7 Å². The van der Waals surface area contributed by atoms with Crippen molar-refractivity contribution in [3.05, 3.63) is 46.8 Å². The van der Waals surface area contributed by atoms with Crippen molar-refractivity contribution < 1.29 is 9.32 Å². The van der Waals surface area contributed by atoms with Gasteiger partial charge in [0.05, 0.1) is 10.9 Å². The molecule has 2 aromatic rings. The summed E-state index contributed by atoms with van der Waals surface area (Å²) < 4.78 is 5.25. The molecule has 2 aliphatic heterocycles. The van der Waals surface area contributed by atoms with E-state index >= 15 is 0 Å². The molecule has 1 aromatic heterocycles. The van der Waals surface area contributed by atoms with E-state index in [4.69, 9.17) is 4.52 Å². The van der Waals surface area contributed by atoms with Gasteiger partial charge in [0.25, 0.3) is 0 Å². The Morgan fingerprint density at radius 3 is 2.68 bits per heavy atom. The van der Waals surface area contributed by atoms with Crippen molar-refractivity contribution in [1.29, 1.82) is 0 Å². The van der Waals surface area contributed by atoms with Crippen LogP contribution in [-0.2, 0) is 17.8 Å². The number of hydrogen-bond donors (Lipinski definition) is 0. The predicted molar refractivity (Wildman–Crippen MR) is 97.6 cm³/mol. The second kappa shape index (κ2) is 6.84. The molecule has 1 atom stereocenters. The molecular formula is C19H23N3O2S. The lowest BCUT2D eigenvalue weighted by atomic mass is 10.1. The van der Waals surface area contributed by atoms with Crippen molar-refractivity contribution in [3.8, 4) is 0 Å². The van der Waals surface area contributed by atoms with E-state index in [0.29, 0.717) is 0 Å². The van der Waals surface area contributed by atoms with E-state index in [1.165, 1.54) is 16.0 Å². The molecule has 1 aromatic carbocycles.